The van der Waals surface area contributed by atoms with Crippen LogP contribution in [0.15, 0.2) is 4.42 Å². The lowest BCUT2D eigenvalue weighted by Crippen LogP contribution is -2.46. The second-order valence-electron chi connectivity index (χ2n) is 10.4. The number of alkyl carbamates (subject to hydrolysis) is 1. The van der Waals surface area contributed by atoms with Crippen LogP contribution in [0.5, 0.6) is 0 Å². The maximum absolute atomic E-state index is 11.8. The molecule has 1 N–H and O–H groups in total. The van der Waals surface area contributed by atoms with Crippen LogP contribution in [0.1, 0.15) is 79.2 Å². The summed E-state index contributed by atoms with van der Waals surface area (Å²) in [4.78, 5) is 11.8. The zero-order valence-corrected chi connectivity index (χ0v) is 19.9. The third-order valence-corrected chi connectivity index (χ3v) is 10.1. The molecular formula is C20H37N3O4Si. The maximum atomic E-state index is 11.8. The molecule has 1 heterocycles. The molecule has 1 saturated carbocycles. The van der Waals surface area contributed by atoms with Gasteiger partial charge in [0.2, 0.25) is 11.8 Å². The number of hydrogen-bond donors (Lipinski definition) is 1. The van der Waals surface area contributed by atoms with Gasteiger partial charge in [0.25, 0.3) is 0 Å². The van der Waals surface area contributed by atoms with E-state index in [1.807, 2.05) is 27.7 Å². The molecule has 2 rings (SSSR count). The second-order valence-corrected chi connectivity index (χ2v) is 15.2. The van der Waals surface area contributed by atoms with Gasteiger partial charge in [-0.25, -0.2) is 4.79 Å². The average molecular weight is 412 g/mol. The molecule has 1 fully saturated rings. The number of hydrogen-bond acceptors (Lipinski definition) is 6. The molecule has 28 heavy (non-hydrogen) atoms. The fourth-order valence-corrected chi connectivity index (χ4v) is 4.26. The Hall–Kier alpha value is -1.41. The summed E-state index contributed by atoms with van der Waals surface area (Å²) in [6.07, 6.45) is 1.96. The fraction of sp³-hybridized carbons (Fsp3) is 0.850. The number of carbonyl (C=O) groups is 1. The Kier molecular flexibility index (Phi) is 6.65. The van der Waals surface area contributed by atoms with Crippen LogP contribution in [0.2, 0.25) is 18.1 Å². The minimum Gasteiger partial charge on any atom is -0.444 e. The van der Waals surface area contributed by atoms with Crippen LogP contribution in [0.25, 0.3) is 0 Å². The van der Waals surface area contributed by atoms with E-state index >= 15 is 0 Å². The second kappa shape index (κ2) is 8.14. The van der Waals surface area contributed by atoms with Gasteiger partial charge in [-0.15, -0.1) is 10.2 Å². The van der Waals surface area contributed by atoms with Crippen LogP contribution < -0.4 is 5.32 Å². The minimum atomic E-state index is -1.89. The first-order valence-electron chi connectivity index (χ1n) is 10.2. The van der Waals surface area contributed by atoms with Crippen LogP contribution >= 0.6 is 0 Å². The van der Waals surface area contributed by atoms with Crippen molar-refractivity contribution in [3.05, 3.63) is 11.8 Å². The first kappa shape index (κ1) is 22.9. The van der Waals surface area contributed by atoms with E-state index in [1.54, 1.807) is 0 Å². The van der Waals surface area contributed by atoms with Crippen LogP contribution in [0.4, 0.5) is 4.79 Å². The van der Waals surface area contributed by atoms with E-state index in [0.717, 1.165) is 19.3 Å². The summed E-state index contributed by atoms with van der Waals surface area (Å²) in [7, 11) is -1.89. The Labute approximate surface area is 170 Å². The minimum absolute atomic E-state index is 0.131. The molecule has 1 aromatic rings. The quantitative estimate of drug-likeness (QED) is 0.663. The van der Waals surface area contributed by atoms with Crippen molar-refractivity contribution >= 4 is 14.4 Å². The molecule has 8 heteroatoms. The van der Waals surface area contributed by atoms with E-state index in [-0.39, 0.29) is 23.3 Å². The molecule has 1 aromatic heterocycles. The molecule has 1 atom stereocenters. The van der Waals surface area contributed by atoms with E-state index in [0.29, 0.717) is 17.7 Å². The van der Waals surface area contributed by atoms with E-state index in [1.165, 1.54) is 0 Å². The highest BCUT2D eigenvalue weighted by molar-refractivity contribution is 6.74. The van der Waals surface area contributed by atoms with Crippen LogP contribution in [-0.2, 0) is 15.6 Å². The lowest BCUT2D eigenvalue weighted by molar-refractivity contribution is 0.0450. The highest BCUT2D eigenvalue weighted by atomic mass is 28.4. The predicted molar refractivity (Wildman–Crippen MR) is 111 cm³/mol. The number of nitrogens with zero attached hydrogens (tertiary/aromatic N) is 2. The van der Waals surface area contributed by atoms with Crippen molar-refractivity contribution in [3.8, 4) is 0 Å². The van der Waals surface area contributed by atoms with Crippen LogP contribution in [-0.4, -0.2) is 36.3 Å². The Morgan fingerprint density at radius 3 is 2.36 bits per heavy atom. The molecule has 0 aliphatic heterocycles. The zero-order valence-electron chi connectivity index (χ0n) is 18.9. The average Bonchev–Trinajstić information content (AvgIpc) is 2.90. The van der Waals surface area contributed by atoms with Gasteiger partial charge in [0.15, 0.2) is 8.32 Å². The first-order valence-corrected chi connectivity index (χ1v) is 13.1. The van der Waals surface area contributed by atoms with Crippen molar-refractivity contribution in [1.82, 2.24) is 15.5 Å². The number of ether oxygens (including phenoxy) is 1. The van der Waals surface area contributed by atoms with Crippen molar-refractivity contribution in [2.75, 3.05) is 0 Å². The topological polar surface area (TPSA) is 86.5 Å². The van der Waals surface area contributed by atoms with E-state index < -0.39 is 13.9 Å². The standard InChI is InChI=1S/C20H37N3O4Si/c1-13(27-28(8,9)20(5,6)7)17-23-22-16(25-17)12-14-10-15(11-14)21-18(24)26-19(2,3)4/h13-15H,10-12H2,1-9H3,(H,21,24)/t13-,14?,15?/m1/s1. The molecule has 1 amide bonds. The smallest absolute Gasteiger partial charge is 0.407 e. The number of rotatable bonds is 6. The first-order chi connectivity index (χ1) is 12.7. The molecule has 160 valence electrons. The molecule has 0 saturated heterocycles. The largest absolute Gasteiger partial charge is 0.444 e. The summed E-state index contributed by atoms with van der Waals surface area (Å²) in [6.45, 7) is 18.6. The van der Waals surface area contributed by atoms with Crippen molar-refractivity contribution in [2.24, 2.45) is 5.92 Å². The van der Waals surface area contributed by atoms with Crippen LogP contribution in [0.3, 0.4) is 0 Å². The number of carbonyl (C=O) groups excluding carboxylic acids is 1. The van der Waals surface area contributed by atoms with Gasteiger partial charge in [-0.1, -0.05) is 20.8 Å². The summed E-state index contributed by atoms with van der Waals surface area (Å²) < 4.78 is 17.5. The lowest BCUT2D eigenvalue weighted by Gasteiger charge is -2.37. The Morgan fingerprint density at radius 2 is 1.82 bits per heavy atom. The third-order valence-electron chi connectivity index (χ3n) is 5.53. The van der Waals surface area contributed by atoms with Gasteiger partial charge in [-0.05, 0) is 64.6 Å². The molecular weight excluding hydrogens is 374 g/mol. The molecule has 0 aromatic carbocycles. The highest BCUT2D eigenvalue weighted by Crippen LogP contribution is 2.39. The summed E-state index contributed by atoms with van der Waals surface area (Å²) in [5.74, 6) is 1.62. The van der Waals surface area contributed by atoms with Crippen molar-refractivity contribution in [2.45, 2.75) is 104 Å². The Bertz CT molecular complexity index is 670. The van der Waals surface area contributed by atoms with Gasteiger partial charge in [0.05, 0.1) is 0 Å². The van der Waals surface area contributed by atoms with Gasteiger partial charge in [-0.2, -0.15) is 0 Å². The lowest BCUT2D eigenvalue weighted by atomic mass is 9.78. The highest BCUT2D eigenvalue weighted by Gasteiger charge is 2.39. The maximum Gasteiger partial charge on any atom is 0.407 e. The van der Waals surface area contributed by atoms with Gasteiger partial charge in [0, 0.05) is 12.5 Å². The molecule has 1 aliphatic rings. The fourth-order valence-electron chi connectivity index (χ4n) is 2.92. The number of aromatic nitrogens is 2. The molecule has 0 spiro atoms. The number of amides is 1. The van der Waals surface area contributed by atoms with Crippen molar-refractivity contribution < 1.29 is 18.4 Å². The SMILES string of the molecule is C[C@@H](O[Si](C)(C)C(C)(C)C)c1nnc(CC2CC(NC(=O)OC(C)(C)C)C2)o1. The van der Waals surface area contributed by atoms with Crippen molar-refractivity contribution in [3.63, 3.8) is 0 Å². The van der Waals surface area contributed by atoms with E-state index in [9.17, 15) is 4.79 Å². The molecule has 0 bridgehead atoms. The zero-order chi connectivity index (χ0) is 21.3. The van der Waals surface area contributed by atoms with Crippen molar-refractivity contribution in [1.29, 1.82) is 0 Å². The summed E-state index contributed by atoms with van der Waals surface area (Å²) in [5, 5.41) is 11.4. The third kappa shape index (κ3) is 6.30. The molecule has 0 unspecified atom stereocenters. The van der Waals surface area contributed by atoms with Crippen LogP contribution in [0, 0.1) is 5.92 Å². The van der Waals surface area contributed by atoms with Gasteiger partial charge in [0.1, 0.15) is 11.7 Å². The summed E-state index contributed by atoms with van der Waals surface area (Å²) >= 11 is 0. The Morgan fingerprint density at radius 1 is 1.21 bits per heavy atom. The molecule has 0 radical (unpaired) electrons. The van der Waals surface area contributed by atoms with Gasteiger partial charge < -0.3 is 18.9 Å². The summed E-state index contributed by atoms with van der Waals surface area (Å²) in [6, 6.07) is 0.156. The molecule has 7 nitrogen and oxygen atoms in total. The predicted octanol–water partition coefficient (Wildman–Crippen LogP) is 5.00. The normalized spacial score (nSPS) is 21.8. The van der Waals surface area contributed by atoms with E-state index in [2.05, 4.69) is 49.4 Å². The molecule has 1 aliphatic carbocycles. The van der Waals surface area contributed by atoms with E-state index in [4.69, 9.17) is 13.6 Å². The van der Waals surface area contributed by atoms with Gasteiger partial charge >= 0.3 is 6.09 Å². The summed E-state index contributed by atoms with van der Waals surface area (Å²) in [5.41, 5.74) is -0.476. The Balaban J connectivity index is 1.79. The van der Waals surface area contributed by atoms with Gasteiger partial charge in [-0.3, -0.25) is 0 Å². The monoisotopic (exact) mass is 411 g/mol. The number of nitrogens with one attached hydrogen (secondary N) is 1.